The minimum atomic E-state index is 0.357. The van der Waals surface area contributed by atoms with Gasteiger partial charge in [-0.15, -0.1) is 0 Å². The van der Waals surface area contributed by atoms with Crippen LogP contribution in [0.1, 0.15) is 41.4 Å². The summed E-state index contributed by atoms with van der Waals surface area (Å²) in [7, 11) is 0. The van der Waals surface area contributed by atoms with Crippen LogP contribution < -0.4 is 0 Å². The number of aromatic nitrogens is 2. The number of hydrogen-bond acceptors (Lipinski definition) is 2. The average Bonchev–Trinajstić information content (AvgIpc) is 2.77. The Bertz CT molecular complexity index is 559. The van der Waals surface area contributed by atoms with Crippen LogP contribution in [0.3, 0.4) is 0 Å². The minimum absolute atomic E-state index is 0.357. The van der Waals surface area contributed by atoms with E-state index < -0.39 is 0 Å². The predicted molar refractivity (Wildman–Crippen MR) is 72.9 cm³/mol. The Hall–Kier alpha value is -1.90. The van der Waals surface area contributed by atoms with Gasteiger partial charge in [-0.05, 0) is 44.4 Å². The second-order valence-electron chi connectivity index (χ2n) is 4.94. The van der Waals surface area contributed by atoms with Gasteiger partial charge in [0.05, 0.1) is 6.20 Å². The van der Waals surface area contributed by atoms with Gasteiger partial charge in [0.1, 0.15) is 0 Å². The number of rotatable bonds is 3. The number of hydrogen-bond donors (Lipinski definition) is 0. The molecule has 1 heterocycles. The third-order valence-electron chi connectivity index (χ3n) is 3.18. The topological polar surface area (TPSA) is 34.9 Å². The lowest BCUT2D eigenvalue weighted by Crippen LogP contribution is -1.99. The summed E-state index contributed by atoms with van der Waals surface area (Å²) in [6.45, 7) is 8.13. The van der Waals surface area contributed by atoms with Gasteiger partial charge in [-0.2, -0.15) is 5.10 Å². The van der Waals surface area contributed by atoms with E-state index in [1.807, 2.05) is 43.1 Å². The molecule has 0 spiro atoms. The van der Waals surface area contributed by atoms with Gasteiger partial charge in [-0.1, -0.05) is 12.1 Å². The van der Waals surface area contributed by atoms with E-state index in [0.29, 0.717) is 6.04 Å². The molecule has 0 radical (unpaired) electrons. The van der Waals surface area contributed by atoms with Crippen LogP contribution in [0.2, 0.25) is 0 Å². The molecule has 18 heavy (non-hydrogen) atoms. The van der Waals surface area contributed by atoms with Gasteiger partial charge in [0.15, 0.2) is 6.29 Å². The van der Waals surface area contributed by atoms with Crippen molar-refractivity contribution in [2.24, 2.45) is 0 Å². The zero-order valence-electron chi connectivity index (χ0n) is 11.3. The fraction of sp³-hybridized carbons (Fsp3) is 0.333. The summed E-state index contributed by atoms with van der Waals surface area (Å²) in [5, 5.41) is 4.34. The predicted octanol–water partition coefficient (Wildman–Crippen LogP) is 3.56. The van der Waals surface area contributed by atoms with Crippen LogP contribution in [0.4, 0.5) is 0 Å². The molecule has 0 N–H and O–H groups in total. The highest BCUT2D eigenvalue weighted by Crippen LogP contribution is 2.24. The van der Waals surface area contributed by atoms with Gasteiger partial charge in [-0.25, -0.2) is 0 Å². The molecule has 0 amide bonds. The first-order valence-corrected chi connectivity index (χ1v) is 6.14. The summed E-state index contributed by atoms with van der Waals surface area (Å²) >= 11 is 0. The first-order valence-electron chi connectivity index (χ1n) is 6.14. The zero-order chi connectivity index (χ0) is 13.3. The van der Waals surface area contributed by atoms with Crippen molar-refractivity contribution in [3.05, 3.63) is 41.2 Å². The van der Waals surface area contributed by atoms with Gasteiger partial charge >= 0.3 is 0 Å². The smallest absolute Gasteiger partial charge is 0.150 e. The number of aldehydes is 1. The maximum Gasteiger partial charge on any atom is 0.150 e. The van der Waals surface area contributed by atoms with Crippen LogP contribution in [0.25, 0.3) is 11.1 Å². The van der Waals surface area contributed by atoms with Gasteiger partial charge in [-0.3, -0.25) is 9.48 Å². The van der Waals surface area contributed by atoms with Crippen molar-refractivity contribution in [2.75, 3.05) is 0 Å². The highest BCUT2D eigenvalue weighted by molar-refractivity contribution is 5.82. The quantitative estimate of drug-likeness (QED) is 0.771. The molecule has 3 heteroatoms. The summed E-state index contributed by atoms with van der Waals surface area (Å²) in [5.74, 6) is 0. The SMILES string of the molecule is Cc1cc(-c2cnn(C(C)C)c2)cc(C)c1C=O. The molecule has 1 aromatic heterocycles. The highest BCUT2D eigenvalue weighted by atomic mass is 16.1. The second-order valence-corrected chi connectivity index (χ2v) is 4.94. The Balaban J connectivity index is 2.47. The molecule has 0 fully saturated rings. The molecule has 1 aromatic carbocycles. The van der Waals surface area contributed by atoms with Crippen molar-refractivity contribution in [2.45, 2.75) is 33.7 Å². The Kier molecular flexibility index (Phi) is 3.32. The molecule has 0 atom stereocenters. The fourth-order valence-electron chi connectivity index (χ4n) is 2.10. The van der Waals surface area contributed by atoms with Crippen molar-refractivity contribution in [3.63, 3.8) is 0 Å². The lowest BCUT2D eigenvalue weighted by Gasteiger charge is -2.07. The van der Waals surface area contributed by atoms with Crippen LogP contribution >= 0.6 is 0 Å². The Morgan fingerprint density at radius 2 is 1.78 bits per heavy atom. The molecule has 0 aliphatic heterocycles. The molecular weight excluding hydrogens is 224 g/mol. The van der Waals surface area contributed by atoms with Gasteiger partial charge < -0.3 is 0 Å². The first kappa shape index (κ1) is 12.6. The largest absolute Gasteiger partial charge is 0.298 e. The third-order valence-corrected chi connectivity index (χ3v) is 3.18. The summed E-state index contributed by atoms with van der Waals surface area (Å²) in [4.78, 5) is 11.0. The molecule has 0 aliphatic rings. The number of aryl methyl sites for hydroxylation is 2. The van der Waals surface area contributed by atoms with Crippen LogP contribution in [0.5, 0.6) is 0 Å². The highest BCUT2D eigenvalue weighted by Gasteiger charge is 2.08. The van der Waals surface area contributed by atoms with E-state index >= 15 is 0 Å². The maximum absolute atomic E-state index is 11.0. The van der Waals surface area contributed by atoms with E-state index in [0.717, 1.165) is 34.1 Å². The molecule has 94 valence electrons. The summed E-state index contributed by atoms with van der Waals surface area (Å²) in [6.07, 6.45) is 4.83. The van der Waals surface area contributed by atoms with Crippen LogP contribution in [0.15, 0.2) is 24.5 Å². The maximum atomic E-state index is 11.0. The lowest BCUT2D eigenvalue weighted by atomic mass is 9.98. The van der Waals surface area contributed by atoms with Gasteiger partial charge in [0.25, 0.3) is 0 Å². The van der Waals surface area contributed by atoms with E-state index in [4.69, 9.17) is 0 Å². The monoisotopic (exact) mass is 242 g/mol. The minimum Gasteiger partial charge on any atom is -0.298 e. The fourth-order valence-corrected chi connectivity index (χ4v) is 2.10. The lowest BCUT2D eigenvalue weighted by molar-refractivity contribution is 0.112. The zero-order valence-corrected chi connectivity index (χ0v) is 11.3. The van der Waals surface area contributed by atoms with E-state index in [-0.39, 0.29) is 0 Å². The van der Waals surface area contributed by atoms with Crippen LogP contribution in [-0.4, -0.2) is 16.1 Å². The van der Waals surface area contributed by atoms with E-state index in [2.05, 4.69) is 18.9 Å². The molecule has 0 bridgehead atoms. The van der Waals surface area contributed by atoms with Crippen molar-refractivity contribution >= 4 is 6.29 Å². The van der Waals surface area contributed by atoms with Crippen molar-refractivity contribution in [1.82, 2.24) is 9.78 Å². The van der Waals surface area contributed by atoms with Crippen molar-refractivity contribution < 1.29 is 4.79 Å². The normalized spacial score (nSPS) is 10.9. The third kappa shape index (κ3) is 2.21. The Labute approximate surface area is 107 Å². The standard InChI is InChI=1S/C15H18N2O/c1-10(2)17-8-14(7-16-17)13-5-11(3)15(9-18)12(4)6-13/h5-10H,1-4H3. The molecule has 0 unspecified atom stereocenters. The number of carbonyl (C=O) groups is 1. The summed E-state index contributed by atoms with van der Waals surface area (Å²) in [5.41, 5.74) is 5.01. The molecular formula is C15H18N2O. The number of nitrogens with zero attached hydrogens (tertiary/aromatic N) is 2. The first-order chi connectivity index (χ1) is 8.52. The van der Waals surface area contributed by atoms with Gasteiger partial charge in [0, 0.05) is 23.4 Å². The summed E-state index contributed by atoms with van der Waals surface area (Å²) < 4.78 is 1.94. The molecule has 0 saturated heterocycles. The van der Waals surface area contributed by atoms with E-state index in [1.54, 1.807) is 0 Å². The Morgan fingerprint density at radius 3 is 2.22 bits per heavy atom. The average molecular weight is 242 g/mol. The second kappa shape index (κ2) is 4.77. The van der Waals surface area contributed by atoms with Crippen LogP contribution in [0, 0.1) is 13.8 Å². The molecule has 0 aliphatic carbocycles. The van der Waals surface area contributed by atoms with Gasteiger partial charge in [0.2, 0.25) is 0 Å². The number of carbonyl (C=O) groups excluding carboxylic acids is 1. The molecule has 0 saturated carbocycles. The van der Waals surface area contributed by atoms with Crippen molar-refractivity contribution in [3.8, 4) is 11.1 Å². The molecule has 3 nitrogen and oxygen atoms in total. The number of benzene rings is 1. The molecule has 2 rings (SSSR count). The Morgan fingerprint density at radius 1 is 1.17 bits per heavy atom. The molecule has 2 aromatic rings. The van der Waals surface area contributed by atoms with Crippen molar-refractivity contribution in [1.29, 1.82) is 0 Å². The van der Waals surface area contributed by atoms with E-state index in [1.165, 1.54) is 0 Å². The van der Waals surface area contributed by atoms with Crippen LogP contribution in [-0.2, 0) is 0 Å². The summed E-state index contributed by atoms with van der Waals surface area (Å²) in [6, 6.07) is 4.44. The van der Waals surface area contributed by atoms with E-state index in [9.17, 15) is 4.79 Å².